The zero-order valence-corrected chi connectivity index (χ0v) is 13.6. The molecule has 0 radical (unpaired) electrons. The molecule has 0 N–H and O–H groups in total. The molecular weight excluding hydrogens is 300 g/mol. The Bertz CT molecular complexity index is 777. The molecule has 2 aromatic rings. The number of morpholine rings is 1. The van der Waals surface area contributed by atoms with Crippen LogP contribution in [0.2, 0.25) is 0 Å². The van der Waals surface area contributed by atoms with Crippen LogP contribution in [-0.2, 0) is 11.2 Å². The molecule has 122 valence electrons. The lowest BCUT2D eigenvalue weighted by atomic mass is 9.95. The van der Waals surface area contributed by atoms with Gasteiger partial charge in [0.05, 0.1) is 25.3 Å². The maximum Gasteiger partial charge on any atom is 0.172 e. The van der Waals surface area contributed by atoms with Crippen LogP contribution in [0.3, 0.4) is 0 Å². The van der Waals surface area contributed by atoms with Gasteiger partial charge in [-0.25, -0.2) is 4.99 Å². The average Bonchev–Trinajstić information content (AvgIpc) is 2.64. The summed E-state index contributed by atoms with van der Waals surface area (Å²) in [6.45, 7) is 3.02. The van der Waals surface area contributed by atoms with E-state index in [0.717, 1.165) is 42.2 Å². The Hall–Kier alpha value is -2.46. The predicted octanol–water partition coefficient (Wildman–Crippen LogP) is 3.23. The molecule has 2 aromatic carbocycles. The summed E-state index contributed by atoms with van der Waals surface area (Å²) >= 11 is 0. The molecule has 0 bridgehead atoms. The van der Waals surface area contributed by atoms with Gasteiger partial charge in [-0.2, -0.15) is 0 Å². The minimum absolute atomic E-state index is 0.163. The van der Waals surface area contributed by atoms with Gasteiger partial charge in [0.15, 0.2) is 5.78 Å². The summed E-state index contributed by atoms with van der Waals surface area (Å²) in [6, 6.07) is 16.2. The highest BCUT2D eigenvalue weighted by Crippen LogP contribution is 2.32. The first kappa shape index (κ1) is 15.1. The molecule has 2 aliphatic rings. The van der Waals surface area contributed by atoms with Crippen LogP contribution in [0.1, 0.15) is 27.9 Å². The molecule has 0 amide bonds. The number of hydrogen-bond donors (Lipinski definition) is 0. The van der Waals surface area contributed by atoms with Crippen molar-refractivity contribution in [3.05, 3.63) is 65.2 Å². The standard InChI is InChI=1S/C20H20N2O2/c23-18-14-19(22-9-11-24-12-10-22)21-20-16(7-4-8-17(18)20)13-15-5-2-1-3-6-15/h1-8H,9-14H2. The Kier molecular flexibility index (Phi) is 4.13. The Morgan fingerprint density at radius 3 is 2.58 bits per heavy atom. The molecule has 0 aliphatic carbocycles. The maximum atomic E-state index is 12.6. The summed E-state index contributed by atoms with van der Waals surface area (Å²) in [5.41, 5.74) is 3.93. The van der Waals surface area contributed by atoms with Crippen molar-refractivity contribution in [3.8, 4) is 0 Å². The summed E-state index contributed by atoms with van der Waals surface area (Å²) in [5, 5.41) is 0. The fraction of sp³-hybridized carbons (Fsp3) is 0.300. The number of hydrogen-bond acceptors (Lipinski definition) is 4. The molecule has 0 aromatic heterocycles. The fourth-order valence-corrected chi connectivity index (χ4v) is 3.32. The van der Waals surface area contributed by atoms with E-state index in [4.69, 9.17) is 9.73 Å². The van der Waals surface area contributed by atoms with Crippen molar-refractivity contribution in [2.24, 2.45) is 4.99 Å². The first-order valence-corrected chi connectivity index (χ1v) is 8.40. The average molecular weight is 320 g/mol. The number of ketones is 1. The molecule has 4 rings (SSSR count). The fourth-order valence-electron chi connectivity index (χ4n) is 3.32. The molecule has 0 atom stereocenters. The van der Waals surface area contributed by atoms with Crippen LogP contribution in [0.25, 0.3) is 0 Å². The van der Waals surface area contributed by atoms with Crippen molar-refractivity contribution in [2.45, 2.75) is 12.8 Å². The van der Waals surface area contributed by atoms with Crippen LogP contribution in [-0.4, -0.2) is 42.8 Å². The molecule has 2 heterocycles. The lowest BCUT2D eigenvalue weighted by Gasteiger charge is -2.31. The third-order valence-corrected chi connectivity index (χ3v) is 4.59. The van der Waals surface area contributed by atoms with Gasteiger partial charge in [0.25, 0.3) is 0 Å². The Morgan fingerprint density at radius 2 is 1.79 bits per heavy atom. The number of ether oxygens (including phenoxy) is 1. The van der Waals surface area contributed by atoms with Crippen molar-refractivity contribution in [3.63, 3.8) is 0 Å². The molecule has 4 heteroatoms. The minimum Gasteiger partial charge on any atom is -0.378 e. The van der Waals surface area contributed by atoms with Crippen LogP contribution >= 0.6 is 0 Å². The SMILES string of the molecule is O=C1CC(N2CCOCC2)=Nc2c(Cc3ccccc3)cccc21. The van der Waals surface area contributed by atoms with Crippen molar-refractivity contribution in [1.82, 2.24) is 4.90 Å². The molecule has 0 spiro atoms. The largest absolute Gasteiger partial charge is 0.378 e. The summed E-state index contributed by atoms with van der Waals surface area (Å²) in [7, 11) is 0. The van der Waals surface area contributed by atoms with Crippen LogP contribution < -0.4 is 0 Å². The van der Waals surface area contributed by atoms with Gasteiger partial charge in [0.1, 0.15) is 5.84 Å². The van der Waals surface area contributed by atoms with E-state index < -0.39 is 0 Å². The normalized spacial score (nSPS) is 17.4. The molecule has 0 saturated carbocycles. The Morgan fingerprint density at radius 1 is 1.00 bits per heavy atom. The van der Waals surface area contributed by atoms with Crippen LogP contribution in [0.5, 0.6) is 0 Å². The van der Waals surface area contributed by atoms with E-state index in [9.17, 15) is 4.79 Å². The zero-order valence-electron chi connectivity index (χ0n) is 13.6. The number of amidine groups is 1. The minimum atomic E-state index is 0.163. The van der Waals surface area contributed by atoms with E-state index in [1.165, 1.54) is 5.56 Å². The topological polar surface area (TPSA) is 41.9 Å². The van der Waals surface area contributed by atoms with E-state index in [1.807, 2.05) is 30.3 Å². The molecule has 24 heavy (non-hydrogen) atoms. The highest BCUT2D eigenvalue weighted by molar-refractivity contribution is 6.15. The lowest BCUT2D eigenvalue weighted by Crippen LogP contribution is -2.42. The second-order valence-electron chi connectivity index (χ2n) is 6.20. The number of para-hydroxylation sites is 1. The third-order valence-electron chi connectivity index (χ3n) is 4.59. The van der Waals surface area contributed by atoms with E-state index in [0.29, 0.717) is 19.6 Å². The number of aliphatic imine (C=N–C) groups is 1. The number of carbonyl (C=O) groups excluding carboxylic acids is 1. The number of benzene rings is 2. The number of Topliss-reactive ketones (excluding diaryl/α,β-unsaturated/α-hetero) is 1. The van der Waals surface area contributed by atoms with E-state index in [1.54, 1.807) is 0 Å². The first-order chi connectivity index (χ1) is 11.8. The van der Waals surface area contributed by atoms with Crippen molar-refractivity contribution in [1.29, 1.82) is 0 Å². The van der Waals surface area contributed by atoms with Gasteiger partial charge in [-0.1, -0.05) is 42.5 Å². The number of rotatable bonds is 2. The van der Waals surface area contributed by atoms with Crippen LogP contribution in [0.15, 0.2) is 53.5 Å². The van der Waals surface area contributed by atoms with E-state index in [2.05, 4.69) is 23.1 Å². The highest BCUT2D eigenvalue weighted by Gasteiger charge is 2.26. The smallest absolute Gasteiger partial charge is 0.172 e. The van der Waals surface area contributed by atoms with Gasteiger partial charge >= 0.3 is 0 Å². The monoisotopic (exact) mass is 320 g/mol. The Balaban J connectivity index is 1.70. The van der Waals surface area contributed by atoms with Crippen molar-refractivity contribution >= 4 is 17.3 Å². The van der Waals surface area contributed by atoms with Gasteiger partial charge in [-0.05, 0) is 23.6 Å². The van der Waals surface area contributed by atoms with Gasteiger partial charge in [-0.15, -0.1) is 0 Å². The third kappa shape index (κ3) is 2.97. The van der Waals surface area contributed by atoms with Crippen molar-refractivity contribution in [2.75, 3.05) is 26.3 Å². The van der Waals surface area contributed by atoms with Gasteiger partial charge in [0, 0.05) is 18.7 Å². The van der Waals surface area contributed by atoms with Crippen LogP contribution in [0.4, 0.5) is 5.69 Å². The maximum absolute atomic E-state index is 12.6. The van der Waals surface area contributed by atoms with E-state index in [-0.39, 0.29) is 5.78 Å². The van der Waals surface area contributed by atoms with Gasteiger partial charge in [-0.3, -0.25) is 4.79 Å². The number of nitrogens with zero attached hydrogens (tertiary/aromatic N) is 2. The molecule has 1 saturated heterocycles. The second-order valence-corrected chi connectivity index (χ2v) is 6.20. The predicted molar refractivity (Wildman–Crippen MR) is 94.1 cm³/mol. The number of carbonyl (C=O) groups is 1. The van der Waals surface area contributed by atoms with Gasteiger partial charge < -0.3 is 9.64 Å². The van der Waals surface area contributed by atoms with Gasteiger partial charge in [0.2, 0.25) is 0 Å². The summed E-state index contributed by atoms with van der Waals surface area (Å²) in [5.74, 6) is 1.05. The highest BCUT2D eigenvalue weighted by atomic mass is 16.5. The van der Waals surface area contributed by atoms with Crippen molar-refractivity contribution < 1.29 is 9.53 Å². The summed E-state index contributed by atoms with van der Waals surface area (Å²) < 4.78 is 5.41. The second kappa shape index (κ2) is 6.57. The zero-order chi connectivity index (χ0) is 16.4. The molecule has 2 aliphatic heterocycles. The van der Waals surface area contributed by atoms with Crippen LogP contribution in [0, 0.1) is 0 Å². The lowest BCUT2D eigenvalue weighted by molar-refractivity contribution is 0.0665. The molecule has 1 fully saturated rings. The molecular formula is C20H20N2O2. The quantitative estimate of drug-likeness (QED) is 0.853. The molecule has 0 unspecified atom stereocenters. The molecule has 4 nitrogen and oxygen atoms in total. The summed E-state index contributed by atoms with van der Waals surface area (Å²) in [4.78, 5) is 19.7. The van der Waals surface area contributed by atoms with E-state index >= 15 is 0 Å². The summed E-state index contributed by atoms with van der Waals surface area (Å²) in [6.07, 6.45) is 1.18. The number of fused-ring (bicyclic) bond motifs is 1. The Labute approximate surface area is 141 Å². The first-order valence-electron chi connectivity index (χ1n) is 8.40.